The van der Waals surface area contributed by atoms with Crippen LogP contribution in [0, 0.1) is 13.8 Å². The number of rotatable bonds is 4. The standard InChI is InChI=1S/C18H24N4O3/c1-10-15(18(24)25)11(2)19-16(10)17(23)22(3)9-14-12-7-5-4-6-8-13(12)20-21-14/h19H,4-9H2,1-3H3,(H,20,21)(H,24,25). The highest BCUT2D eigenvalue weighted by atomic mass is 16.4. The van der Waals surface area contributed by atoms with E-state index in [2.05, 4.69) is 15.2 Å². The predicted octanol–water partition coefficient (Wildman–Crippen LogP) is 2.59. The van der Waals surface area contributed by atoms with Crippen molar-refractivity contribution in [2.24, 2.45) is 0 Å². The number of hydrogen-bond acceptors (Lipinski definition) is 3. The SMILES string of the molecule is Cc1[nH]c(C(=O)N(C)Cc2n[nH]c3c2CCCCC3)c(C)c1C(=O)O. The van der Waals surface area contributed by atoms with E-state index in [-0.39, 0.29) is 11.5 Å². The Morgan fingerprint density at radius 2 is 1.92 bits per heavy atom. The Labute approximate surface area is 146 Å². The van der Waals surface area contributed by atoms with Gasteiger partial charge in [0.15, 0.2) is 0 Å². The van der Waals surface area contributed by atoms with E-state index in [1.165, 1.54) is 24.1 Å². The van der Waals surface area contributed by atoms with Gasteiger partial charge in [0, 0.05) is 18.4 Å². The number of amides is 1. The van der Waals surface area contributed by atoms with Crippen molar-refractivity contribution in [1.29, 1.82) is 0 Å². The lowest BCUT2D eigenvalue weighted by atomic mass is 10.1. The van der Waals surface area contributed by atoms with Crippen LogP contribution in [0.15, 0.2) is 0 Å². The summed E-state index contributed by atoms with van der Waals surface area (Å²) in [4.78, 5) is 28.6. The van der Waals surface area contributed by atoms with Gasteiger partial charge in [-0.1, -0.05) is 6.42 Å². The molecular weight excluding hydrogens is 320 g/mol. The Morgan fingerprint density at radius 1 is 1.20 bits per heavy atom. The molecule has 0 radical (unpaired) electrons. The molecule has 7 heteroatoms. The summed E-state index contributed by atoms with van der Waals surface area (Å²) >= 11 is 0. The van der Waals surface area contributed by atoms with Crippen molar-refractivity contribution >= 4 is 11.9 Å². The number of carboxylic acid groups (broad SMARTS) is 1. The van der Waals surface area contributed by atoms with Crippen LogP contribution in [0.1, 0.15) is 68.3 Å². The number of H-pyrrole nitrogens is 2. The van der Waals surface area contributed by atoms with Gasteiger partial charge in [-0.15, -0.1) is 0 Å². The number of aromatic carboxylic acids is 1. The van der Waals surface area contributed by atoms with Crippen LogP contribution < -0.4 is 0 Å². The zero-order valence-electron chi connectivity index (χ0n) is 14.9. The van der Waals surface area contributed by atoms with Gasteiger partial charge in [0.25, 0.3) is 5.91 Å². The van der Waals surface area contributed by atoms with Crippen molar-refractivity contribution < 1.29 is 14.7 Å². The first-order valence-electron chi connectivity index (χ1n) is 8.63. The minimum absolute atomic E-state index is 0.172. The Kier molecular flexibility index (Phi) is 4.65. The minimum atomic E-state index is -1.02. The number of hydrogen-bond donors (Lipinski definition) is 3. The van der Waals surface area contributed by atoms with Crippen LogP contribution in [0.5, 0.6) is 0 Å². The third kappa shape index (κ3) is 3.18. The summed E-state index contributed by atoms with van der Waals surface area (Å²) in [5.74, 6) is -1.25. The van der Waals surface area contributed by atoms with E-state index < -0.39 is 5.97 Å². The first kappa shape index (κ1) is 17.3. The van der Waals surface area contributed by atoms with Gasteiger partial charge in [-0.3, -0.25) is 9.89 Å². The highest BCUT2D eigenvalue weighted by molar-refractivity contribution is 5.99. The molecule has 2 aromatic rings. The van der Waals surface area contributed by atoms with Gasteiger partial charge in [0.1, 0.15) is 5.69 Å². The van der Waals surface area contributed by atoms with Crippen LogP contribution in [-0.4, -0.2) is 44.1 Å². The van der Waals surface area contributed by atoms with Gasteiger partial charge in [-0.05, 0) is 50.7 Å². The van der Waals surface area contributed by atoms with E-state index in [4.69, 9.17) is 0 Å². The number of aromatic nitrogens is 3. The van der Waals surface area contributed by atoms with E-state index in [1.807, 2.05) is 0 Å². The summed E-state index contributed by atoms with van der Waals surface area (Å²) in [7, 11) is 1.72. The summed E-state index contributed by atoms with van der Waals surface area (Å²) in [5.41, 5.74) is 4.81. The topological polar surface area (TPSA) is 102 Å². The molecule has 0 atom stereocenters. The van der Waals surface area contributed by atoms with E-state index in [9.17, 15) is 14.7 Å². The fraction of sp³-hybridized carbons (Fsp3) is 0.500. The molecule has 7 nitrogen and oxygen atoms in total. The van der Waals surface area contributed by atoms with Crippen LogP contribution >= 0.6 is 0 Å². The molecule has 2 heterocycles. The van der Waals surface area contributed by atoms with Crippen molar-refractivity contribution in [3.63, 3.8) is 0 Å². The first-order valence-corrected chi connectivity index (χ1v) is 8.63. The zero-order chi connectivity index (χ0) is 18.1. The van der Waals surface area contributed by atoms with Gasteiger partial charge in [-0.25, -0.2) is 4.79 Å². The smallest absolute Gasteiger partial charge is 0.337 e. The normalized spacial score (nSPS) is 14.0. The molecule has 134 valence electrons. The number of aryl methyl sites for hydroxylation is 2. The second kappa shape index (κ2) is 6.74. The van der Waals surface area contributed by atoms with E-state index in [0.717, 1.165) is 25.0 Å². The molecule has 3 N–H and O–H groups in total. The zero-order valence-corrected chi connectivity index (χ0v) is 14.9. The second-order valence-corrected chi connectivity index (χ2v) is 6.78. The summed E-state index contributed by atoms with van der Waals surface area (Å²) in [6, 6.07) is 0. The van der Waals surface area contributed by atoms with Crippen LogP contribution in [0.25, 0.3) is 0 Å². The van der Waals surface area contributed by atoms with Crippen LogP contribution in [0.2, 0.25) is 0 Å². The number of nitrogens with zero attached hydrogens (tertiary/aromatic N) is 2. The van der Waals surface area contributed by atoms with E-state index >= 15 is 0 Å². The third-order valence-corrected chi connectivity index (χ3v) is 4.99. The van der Waals surface area contributed by atoms with Crippen molar-refractivity contribution in [2.45, 2.75) is 52.5 Å². The lowest BCUT2D eigenvalue weighted by Crippen LogP contribution is -2.27. The van der Waals surface area contributed by atoms with Crippen molar-refractivity contribution in [2.75, 3.05) is 7.05 Å². The monoisotopic (exact) mass is 344 g/mol. The van der Waals surface area contributed by atoms with Gasteiger partial charge in [0.05, 0.1) is 17.8 Å². The van der Waals surface area contributed by atoms with Gasteiger partial charge >= 0.3 is 5.97 Å². The molecule has 1 amide bonds. The number of nitrogens with one attached hydrogen (secondary N) is 2. The summed E-state index contributed by atoms with van der Waals surface area (Å²) in [5, 5.41) is 16.8. The average molecular weight is 344 g/mol. The lowest BCUT2D eigenvalue weighted by molar-refractivity contribution is 0.0695. The molecule has 1 aliphatic carbocycles. The van der Waals surface area contributed by atoms with E-state index in [1.54, 1.807) is 25.8 Å². The fourth-order valence-electron chi connectivity index (χ4n) is 3.63. The highest BCUT2D eigenvalue weighted by Crippen LogP contribution is 2.24. The maximum atomic E-state index is 12.8. The quantitative estimate of drug-likeness (QED) is 0.742. The third-order valence-electron chi connectivity index (χ3n) is 4.99. The van der Waals surface area contributed by atoms with E-state index in [0.29, 0.717) is 23.5 Å². The van der Waals surface area contributed by atoms with Crippen molar-refractivity contribution in [3.8, 4) is 0 Å². The largest absolute Gasteiger partial charge is 0.478 e. The molecule has 0 saturated heterocycles. The van der Waals surface area contributed by atoms with Crippen molar-refractivity contribution in [1.82, 2.24) is 20.1 Å². The van der Waals surface area contributed by atoms with Crippen LogP contribution in [-0.2, 0) is 19.4 Å². The predicted molar refractivity (Wildman–Crippen MR) is 92.9 cm³/mol. The number of carbonyl (C=O) groups is 2. The average Bonchev–Trinajstić information content (AvgIpc) is 2.97. The number of carboxylic acids is 1. The molecule has 0 spiro atoms. The molecule has 0 fully saturated rings. The molecule has 0 saturated carbocycles. The molecule has 0 aromatic carbocycles. The van der Waals surface area contributed by atoms with Crippen molar-refractivity contribution in [3.05, 3.63) is 39.5 Å². The number of fused-ring (bicyclic) bond motifs is 1. The summed E-state index contributed by atoms with van der Waals surface area (Å²) in [6.45, 7) is 3.74. The van der Waals surface area contributed by atoms with Crippen LogP contribution in [0.4, 0.5) is 0 Å². The fourth-order valence-corrected chi connectivity index (χ4v) is 3.63. The first-order chi connectivity index (χ1) is 11.9. The molecule has 1 aliphatic rings. The molecule has 25 heavy (non-hydrogen) atoms. The molecule has 3 rings (SSSR count). The van der Waals surface area contributed by atoms with Gasteiger partial charge in [0.2, 0.25) is 0 Å². The summed E-state index contributed by atoms with van der Waals surface area (Å²) in [6.07, 6.45) is 5.54. The Hall–Kier alpha value is -2.57. The Morgan fingerprint density at radius 3 is 2.60 bits per heavy atom. The lowest BCUT2D eigenvalue weighted by Gasteiger charge is -2.16. The molecular formula is C18H24N4O3. The molecule has 0 bridgehead atoms. The highest BCUT2D eigenvalue weighted by Gasteiger charge is 2.25. The summed E-state index contributed by atoms with van der Waals surface area (Å²) < 4.78 is 0. The number of carbonyl (C=O) groups excluding carboxylic acids is 1. The molecule has 0 aliphatic heterocycles. The maximum absolute atomic E-state index is 12.8. The minimum Gasteiger partial charge on any atom is -0.478 e. The second-order valence-electron chi connectivity index (χ2n) is 6.78. The van der Waals surface area contributed by atoms with Crippen LogP contribution in [0.3, 0.4) is 0 Å². The van der Waals surface area contributed by atoms with Gasteiger partial charge in [-0.2, -0.15) is 5.10 Å². The van der Waals surface area contributed by atoms with Gasteiger partial charge < -0.3 is 15.0 Å². The Balaban J connectivity index is 1.81. The molecule has 0 unspecified atom stereocenters. The maximum Gasteiger partial charge on any atom is 0.337 e. The Bertz CT molecular complexity index is 819. The number of aromatic amines is 2. The molecule has 2 aromatic heterocycles.